The standard InChI is InChI=1S/C18H25FN4O3/c19-15-9-13(1-2-16(15)22-6-3-14(24)4-7-22)10-21-17(25)12-23-8-5-20-11-18(23)26/h1-2,9,14,20,24H,3-8,10-12H2,(H,21,25). The molecule has 0 spiro atoms. The molecule has 0 bridgehead atoms. The predicted molar refractivity (Wildman–Crippen MR) is 95.2 cm³/mol. The van der Waals surface area contributed by atoms with Crippen LogP contribution < -0.4 is 15.5 Å². The van der Waals surface area contributed by atoms with Crippen LogP contribution in [0, 0.1) is 5.82 Å². The van der Waals surface area contributed by atoms with Gasteiger partial charge in [-0.1, -0.05) is 6.07 Å². The van der Waals surface area contributed by atoms with Crippen LogP contribution in [0.3, 0.4) is 0 Å². The van der Waals surface area contributed by atoms with Gasteiger partial charge in [-0.15, -0.1) is 0 Å². The molecule has 2 aliphatic rings. The highest BCUT2D eigenvalue weighted by atomic mass is 19.1. The molecule has 0 aromatic heterocycles. The Labute approximate surface area is 152 Å². The number of carbonyl (C=O) groups is 2. The first-order chi connectivity index (χ1) is 12.5. The normalized spacial score (nSPS) is 18.9. The molecule has 0 atom stereocenters. The van der Waals surface area contributed by atoms with Crippen LogP contribution in [-0.2, 0) is 16.1 Å². The average Bonchev–Trinajstić information content (AvgIpc) is 2.63. The van der Waals surface area contributed by atoms with Crippen LogP contribution in [0.5, 0.6) is 0 Å². The van der Waals surface area contributed by atoms with Crippen LogP contribution in [0.15, 0.2) is 18.2 Å². The Balaban J connectivity index is 1.51. The van der Waals surface area contributed by atoms with Gasteiger partial charge in [0.25, 0.3) is 0 Å². The Morgan fingerprint density at radius 3 is 2.77 bits per heavy atom. The van der Waals surface area contributed by atoms with Gasteiger partial charge in [0.1, 0.15) is 5.82 Å². The van der Waals surface area contributed by atoms with Crippen molar-refractivity contribution in [2.45, 2.75) is 25.5 Å². The zero-order valence-corrected chi connectivity index (χ0v) is 14.7. The fraction of sp³-hybridized carbons (Fsp3) is 0.556. The third kappa shape index (κ3) is 4.70. The maximum atomic E-state index is 14.4. The van der Waals surface area contributed by atoms with Gasteiger partial charge in [0.05, 0.1) is 24.9 Å². The highest BCUT2D eigenvalue weighted by Gasteiger charge is 2.21. The van der Waals surface area contributed by atoms with Crippen molar-refractivity contribution in [2.75, 3.05) is 44.2 Å². The van der Waals surface area contributed by atoms with Crippen molar-refractivity contribution in [1.29, 1.82) is 0 Å². The van der Waals surface area contributed by atoms with Gasteiger partial charge in [-0.3, -0.25) is 9.59 Å². The third-order valence-corrected chi connectivity index (χ3v) is 4.83. The number of piperidine rings is 1. The molecular weight excluding hydrogens is 339 g/mol. The Kier molecular flexibility index (Phi) is 6.05. The van der Waals surface area contributed by atoms with E-state index in [1.54, 1.807) is 12.1 Å². The smallest absolute Gasteiger partial charge is 0.239 e. The van der Waals surface area contributed by atoms with E-state index in [1.165, 1.54) is 11.0 Å². The zero-order chi connectivity index (χ0) is 18.5. The Morgan fingerprint density at radius 1 is 1.31 bits per heavy atom. The van der Waals surface area contributed by atoms with Gasteiger partial charge in [0.15, 0.2) is 0 Å². The predicted octanol–water partition coefficient (Wildman–Crippen LogP) is -0.165. The molecule has 2 heterocycles. The molecule has 1 aromatic carbocycles. The largest absolute Gasteiger partial charge is 0.393 e. The number of hydrogen-bond donors (Lipinski definition) is 3. The molecule has 142 valence electrons. The molecule has 0 saturated carbocycles. The summed E-state index contributed by atoms with van der Waals surface area (Å²) in [6.45, 7) is 2.96. The van der Waals surface area contributed by atoms with E-state index < -0.39 is 0 Å². The SMILES string of the molecule is O=C(CN1CCNCC1=O)NCc1ccc(N2CCC(O)CC2)c(F)c1. The van der Waals surface area contributed by atoms with E-state index >= 15 is 0 Å². The Bertz CT molecular complexity index is 662. The first kappa shape index (κ1) is 18.6. The number of aliphatic hydroxyl groups is 1. The second-order valence-electron chi connectivity index (χ2n) is 6.77. The number of aliphatic hydroxyl groups excluding tert-OH is 1. The van der Waals surface area contributed by atoms with Crippen molar-refractivity contribution < 1.29 is 19.1 Å². The van der Waals surface area contributed by atoms with Crippen molar-refractivity contribution in [1.82, 2.24) is 15.5 Å². The van der Waals surface area contributed by atoms with Gasteiger partial charge < -0.3 is 25.5 Å². The topological polar surface area (TPSA) is 84.9 Å². The molecule has 2 aliphatic heterocycles. The Hall–Kier alpha value is -2.19. The summed E-state index contributed by atoms with van der Waals surface area (Å²) >= 11 is 0. The van der Waals surface area contributed by atoms with E-state index in [2.05, 4.69) is 10.6 Å². The summed E-state index contributed by atoms with van der Waals surface area (Å²) in [5, 5.41) is 15.2. The number of piperazine rings is 1. The fourth-order valence-electron chi connectivity index (χ4n) is 3.27. The van der Waals surface area contributed by atoms with Crippen molar-refractivity contribution in [2.24, 2.45) is 0 Å². The van der Waals surface area contributed by atoms with Crippen molar-refractivity contribution in [3.63, 3.8) is 0 Å². The van der Waals surface area contributed by atoms with Crippen molar-refractivity contribution >= 4 is 17.5 Å². The van der Waals surface area contributed by atoms with Crippen LogP contribution in [-0.4, -0.2) is 67.2 Å². The molecule has 2 saturated heterocycles. The summed E-state index contributed by atoms with van der Waals surface area (Å²) in [5.41, 5.74) is 1.20. The quantitative estimate of drug-likeness (QED) is 0.676. The van der Waals surface area contributed by atoms with Crippen LogP contribution in [0.2, 0.25) is 0 Å². The molecule has 0 radical (unpaired) electrons. The van der Waals surface area contributed by atoms with Gasteiger partial charge >= 0.3 is 0 Å². The highest BCUT2D eigenvalue weighted by molar-refractivity contribution is 5.86. The van der Waals surface area contributed by atoms with Gasteiger partial charge in [-0.05, 0) is 30.5 Å². The molecule has 1 aromatic rings. The van der Waals surface area contributed by atoms with E-state index in [0.717, 1.165) is 0 Å². The summed E-state index contributed by atoms with van der Waals surface area (Å²) in [4.78, 5) is 27.1. The number of nitrogens with zero attached hydrogens (tertiary/aromatic N) is 2. The monoisotopic (exact) mass is 364 g/mol. The zero-order valence-electron chi connectivity index (χ0n) is 14.7. The lowest BCUT2D eigenvalue weighted by atomic mass is 10.1. The first-order valence-electron chi connectivity index (χ1n) is 8.99. The molecule has 2 fully saturated rings. The maximum absolute atomic E-state index is 14.4. The number of nitrogens with one attached hydrogen (secondary N) is 2. The summed E-state index contributed by atoms with van der Waals surface area (Å²) in [6.07, 6.45) is 0.982. The van der Waals surface area contributed by atoms with Gasteiger partial charge in [-0.2, -0.15) is 0 Å². The first-order valence-corrected chi connectivity index (χ1v) is 8.99. The minimum Gasteiger partial charge on any atom is -0.393 e. The Morgan fingerprint density at radius 2 is 2.08 bits per heavy atom. The van der Waals surface area contributed by atoms with Crippen LogP contribution >= 0.6 is 0 Å². The number of anilines is 1. The van der Waals surface area contributed by atoms with E-state index in [0.29, 0.717) is 50.3 Å². The average molecular weight is 364 g/mol. The molecule has 0 aliphatic carbocycles. The molecule has 3 N–H and O–H groups in total. The van der Waals surface area contributed by atoms with Crippen LogP contribution in [0.25, 0.3) is 0 Å². The minimum absolute atomic E-state index is 0.0250. The number of carbonyl (C=O) groups excluding carboxylic acids is 2. The van der Waals surface area contributed by atoms with Crippen molar-refractivity contribution in [3.8, 4) is 0 Å². The van der Waals surface area contributed by atoms with Crippen LogP contribution in [0.1, 0.15) is 18.4 Å². The number of benzene rings is 1. The summed E-state index contributed by atoms with van der Waals surface area (Å²) in [6, 6.07) is 4.94. The highest BCUT2D eigenvalue weighted by Crippen LogP contribution is 2.24. The second kappa shape index (κ2) is 8.46. The van der Waals surface area contributed by atoms with Gasteiger partial charge in [0.2, 0.25) is 11.8 Å². The number of rotatable bonds is 5. The number of amides is 2. The maximum Gasteiger partial charge on any atom is 0.239 e. The second-order valence-corrected chi connectivity index (χ2v) is 6.77. The van der Waals surface area contributed by atoms with E-state index in [-0.39, 0.29) is 43.4 Å². The van der Waals surface area contributed by atoms with Crippen LogP contribution in [0.4, 0.5) is 10.1 Å². The lowest BCUT2D eigenvalue weighted by Crippen LogP contribution is -2.51. The van der Waals surface area contributed by atoms with Crippen molar-refractivity contribution in [3.05, 3.63) is 29.6 Å². The summed E-state index contributed by atoms with van der Waals surface area (Å²) in [7, 11) is 0. The number of halogens is 1. The summed E-state index contributed by atoms with van der Waals surface area (Å²) in [5.74, 6) is -0.673. The third-order valence-electron chi connectivity index (χ3n) is 4.83. The minimum atomic E-state index is -0.328. The fourth-order valence-corrected chi connectivity index (χ4v) is 3.27. The van der Waals surface area contributed by atoms with E-state index in [1.807, 2.05) is 4.90 Å². The number of hydrogen-bond acceptors (Lipinski definition) is 5. The van der Waals surface area contributed by atoms with E-state index in [4.69, 9.17) is 0 Å². The van der Waals surface area contributed by atoms with E-state index in [9.17, 15) is 19.1 Å². The molecule has 2 amide bonds. The molecule has 8 heteroatoms. The molecule has 26 heavy (non-hydrogen) atoms. The molecular formula is C18H25FN4O3. The molecule has 7 nitrogen and oxygen atoms in total. The molecule has 0 unspecified atom stereocenters. The van der Waals surface area contributed by atoms with Gasteiger partial charge in [0, 0.05) is 32.7 Å². The lowest BCUT2D eigenvalue weighted by molar-refractivity contribution is -0.136. The van der Waals surface area contributed by atoms with Gasteiger partial charge in [-0.25, -0.2) is 4.39 Å². The molecule has 3 rings (SSSR count). The summed E-state index contributed by atoms with van der Waals surface area (Å²) < 4.78 is 14.4. The lowest BCUT2D eigenvalue weighted by Gasteiger charge is -2.31.